The lowest BCUT2D eigenvalue weighted by Crippen LogP contribution is -2.26. The van der Waals surface area contributed by atoms with E-state index in [4.69, 9.17) is 9.47 Å². The summed E-state index contributed by atoms with van der Waals surface area (Å²) >= 11 is 0. The maximum atomic E-state index is 12.3. The minimum atomic E-state index is -0.884. The number of rotatable bonds is 5. The Morgan fingerprint density at radius 1 is 0.680 bits per heavy atom. The van der Waals surface area contributed by atoms with Gasteiger partial charge in [-0.2, -0.15) is 0 Å². The van der Waals surface area contributed by atoms with E-state index in [1.807, 2.05) is 0 Å². The lowest BCUT2D eigenvalue weighted by Gasteiger charge is -2.23. The monoisotopic (exact) mass is 353 g/mol. The number of carbonyl (C=O) groups is 4. The van der Waals surface area contributed by atoms with E-state index in [0.29, 0.717) is 0 Å². The molecule has 0 aliphatic carbocycles. The van der Waals surface area contributed by atoms with Gasteiger partial charge in [0.25, 0.3) is 0 Å². The van der Waals surface area contributed by atoms with Crippen molar-refractivity contribution in [2.24, 2.45) is 0 Å². The van der Waals surface area contributed by atoms with Gasteiger partial charge in [0.1, 0.15) is 0 Å². The van der Waals surface area contributed by atoms with Crippen LogP contribution in [0.2, 0.25) is 0 Å². The summed E-state index contributed by atoms with van der Waals surface area (Å²) in [6.07, 6.45) is 0. The molecule has 0 unspecified atom stereocenters. The standard InChI is InChI=1S/C16H19NO8/c1-17(2)12-10(15(20)24-5)8(13(18)22-3)7-9(14(19)23-4)11(12)16(21)25-6/h7H,1-6H3. The number of ether oxygens (including phenoxy) is 4. The molecule has 0 aliphatic heterocycles. The summed E-state index contributed by atoms with van der Waals surface area (Å²) in [5.74, 6) is -3.54. The van der Waals surface area contributed by atoms with Crippen LogP contribution in [0.4, 0.5) is 5.69 Å². The van der Waals surface area contributed by atoms with E-state index in [1.165, 1.54) is 19.0 Å². The molecule has 9 nitrogen and oxygen atoms in total. The highest BCUT2D eigenvalue weighted by Gasteiger charge is 2.34. The molecule has 0 heterocycles. The van der Waals surface area contributed by atoms with Crippen LogP contribution in [0.1, 0.15) is 41.4 Å². The van der Waals surface area contributed by atoms with Crippen molar-refractivity contribution in [3.63, 3.8) is 0 Å². The predicted octanol–water partition coefficient (Wildman–Crippen LogP) is 0.899. The average Bonchev–Trinajstić information content (AvgIpc) is 2.63. The molecule has 1 rings (SSSR count). The smallest absolute Gasteiger partial charge is 0.340 e. The molecule has 0 radical (unpaired) electrons. The van der Waals surface area contributed by atoms with Gasteiger partial charge in [0, 0.05) is 14.1 Å². The number of methoxy groups -OCH3 is 4. The van der Waals surface area contributed by atoms with Gasteiger partial charge in [-0.3, -0.25) is 0 Å². The van der Waals surface area contributed by atoms with E-state index < -0.39 is 23.9 Å². The van der Waals surface area contributed by atoms with Crippen LogP contribution in [-0.4, -0.2) is 66.4 Å². The highest BCUT2D eigenvalue weighted by molar-refractivity contribution is 6.16. The lowest BCUT2D eigenvalue weighted by molar-refractivity contribution is 0.0541. The number of anilines is 1. The van der Waals surface area contributed by atoms with Crippen molar-refractivity contribution >= 4 is 29.6 Å². The maximum absolute atomic E-state index is 12.3. The van der Waals surface area contributed by atoms with Crippen molar-refractivity contribution in [2.45, 2.75) is 0 Å². The van der Waals surface area contributed by atoms with Crippen LogP contribution in [0.5, 0.6) is 0 Å². The van der Waals surface area contributed by atoms with Crippen LogP contribution in [0.3, 0.4) is 0 Å². The molecule has 1 aromatic carbocycles. The van der Waals surface area contributed by atoms with Crippen molar-refractivity contribution in [1.82, 2.24) is 0 Å². The molecule has 0 bridgehead atoms. The molecule has 0 saturated carbocycles. The normalized spacial score (nSPS) is 9.84. The quantitative estimate of drug-likeness (QED) is 0.563. The minimum Gasteiger partial charge on any atom is -0.465 e. The first-order valence-electron chi connectivity index (χ1n) is 6.96. The Kier molecular flexibility index (Phi) is 6.49. The zero-order valence-electron chi connectivity index (χ0n) is 14.8. The molecular formula is C16H19NO8. The first-order valence-corrected chi connectivity index (χ1v) is 6.96. The number of esters is 4. The van der Waals surface area contributed by atoms with E-state index in [1.54, 1.807) is 0 Å². The lowest BCUT2D eigenvalue weighted by atomic mass is 9.94. The summed E-state index contributed by atoms with van der Waals surface area (Å²) < 4.78 is 18.8. The highest BCUT2D eigenvalue weighted by atomic mass is 16.5. The zero-order valence-corrected chi connectivity index (χ0v) is 14.8. The van der Waals surface area contributed by atoms with Gasteiger partial charge in [-0.15, -0.1) is 0 Å². The fraction of sp³-hybridized carbons (Fsp3) is 0.375. The van der Waals surface area contributed by atoms with Crippen molar-refractivity contribution < 1.29 is 38.1 Å². The van der Waals surface area contributed by atoms with Crippen molar-refractivity contribution in [3.05, 3.63) is 28.3 Å². The van der Waals surface area contributed by atoms with E-state index in [0.717, 1.165) is 34.5 Å². The molecule has 136 valence electrons. The van der Waals surface area contributed by atoms with Gasteiger partial charge in [0.15, 0.2) is 0 Å². The zero-order chi connectivity index (χ0) is 19.3. The molecule has 0 spiro atoms. The van der Waals surface area contributed by atoms with E-state index in [9.17, 15) is 19.2 Å². The van der Waals surface area contributed by atoms with Crippen LogP contribution in [-0.2, 0) is 18.9 Å². The number of nitrogens with zero attached hydrogens (tertiary/aromatic N) is 1. The molecule has 0 aliphatic rings. The highest BCUT2D eigenvalue weighted by Crippen LogP contribution is 2.33. The van der Waals surface area contributed by atoms with Crippen LogP contribution in [0.15, 0.2) is 6.07 Å². The third-order valence-electron chi connectivity index (χ3n) is 3.34. The maximum Gasteiger partial charge on any atom is 0.340 e. The molecule has 0 amide bonds. The number of benzene rings is 1. The number of hydrogen-bond acceptors (Lipinski definition) is 9. The fourth-order valence-electron chi connectivity index (χ4n) is 2.28. The van der Waals surface area contributed by atoms with Gasteiger partial charge < -0.3 is 23.8 Å². The van der Waals surface area contributed by atoms with Gasteiger partial charge in [0.2, 0.25) is 0 Å². The van der Waals surface area contributed by atoms with Crippen molar-refractivity contribution in [2.75, 3.05) is 47.4 Å². The van der Waals surface area contributed by atoms with Gasteiger partial charge in [-0.05, 0) is 6.07 Å². The van der Waals surface area contributed by atoms with E-state index >= 15 is 0 Å². The first kappa shape index (κ1) is 19.9. The minimum absolute atomic E-state index is 0.0259. The number of hydrogen-bond donors (Lipinski definition) is 0. The third-order valence-corrected chi connectivity index (χ3v) is 3.34. The van der Waals surface area contributed by atoms with Crippen molar-refractivity contribution in [3.8, 4) is 0 Å². The van der Waals surface area contributed by atoms with E-state index in [2.05, 4.69) is 9.47 Å². The van der Waals surface area contributed by atoms with Gasteiger partial charge >= 0.3 is 23.9 Å². The van der Waals surface area contributed by atoms with Gasteiger partial charge in [-0.25, -0.2) is 19.2 Å². The number of carbonyl (C=O) groups excluding carboxylic acids is 4. The first-order chi connectivity index (χ1) is 11.7. The third kappa shape index (κ3) is 3.70. The van der Waals surface area contributed by atoms with Crippen LogP contribution >= 0.6 is 0 Å². The Labute approximate surface area is 144 Å². The average molecular weight is 353 g/mol. The molecule has 0 atom stereocenters. The second-order valence-corrected chi connectivity index (χ2v) is 4.93. The van der Waals surface area contributed by atoms with Crippen LogP contribution in [0.25, 0.3) is 0 Å². The Morgan fingerprint density at radius 2 is 1.00 bits per heavy atom. The molecular weight excluding hydrogens is 334 g/mol. The Balaban J connectivity index is 4.11. The SMILES string of the molecule is COC(=O)c1cc(C(=O)OC)c(C(=O)OC)c(N(C)C)c1C(=O)OC. The summed E-state index contributed by atoms with van der Waals surface area (Å²) in [7, 11) is 7.52. The Bertz CT molecular complexity index is 669. The van der Waals surface area contributed by atoms with Gasteiger partial charge in [0.05, 0.1) is 56.4 Å². The summed E-state index contributed by atoms with van der Waals surface area (Å²) in [6, 6.07) is 1.04. The topological polar surface area (TPSA) is 108 Å². The largest absolute Gasteiger partial charge is 0.465 e. The summed E-state index contributed by atoms with van der Waals surface area (Å²) in [5.41, 5.74) is -0.973. The van der Waals surface area contributed by atoms with E-state index in [-0.39, 0.29) is 27.9 Å². The predicted molar refractivity (Wildman–Crippen MR) is 86.1 cm³/mol. The fourth-order valence-corrected chi connectivity index (χ4v) is 2.28. The second-order valence-electron chi connectivity index (χ2n) is 4.93. The molecule has 0 aromatic heterocycles. The van der Waals surface area contributed by atoms with Crippen LogP contribution in [0, 0.1) is 0 Å². The Morgan fingerprint density at radius 3 is 1.24 bits per heavy atom. The molecule has 1 aromatic rings. The molecule has 0 saturated heterocycles. The van der Waals surface area contributed by atoms with Crippen molar-refractivity contribution in [1.29, 1.82) is 0 Å². The second kappa shape index (κ2) is 8.13. The molecule has 0 fully saturated rings. The molecule has 0 N–H and O–H groups in total. The molecule has 9 heteroatoms. The molecule has 25 heavy (non-hydrogen) atoms. The summed E-state index contributed by atoms with van der Waals surface area (Å²) in [6.45, 7) is 0. The van der Waals surface area contributed by atoms with Gasteiger partial charge in [-0.1, -0.05) is 0 Å². The Hall–Kier alpha value is -3.10. The summed E-state index contributed by atoms with van der Waals surface area (Å²) in [5, 5.41) is 0. The summed E-state index contributed by atoms with van der Waals surface area (Å²) in [4.78, 5) is 50.2. The van der Waals surface area contributed by atoms with Crippen LogP contribution < -0.4 is 4.90 Å².